The maximum atomic E-state index is 12.2. The number of aryl methyl sites for hydroxylation is 1. The fourth-order valence-corrected chi connectivity index (χ4v) is 2.96. The number of anilines is 2. The summed E-state index contributed by atoms with van der Waals surface area (Å²) < 4.78 is 0. The van der Waals surface area contributed by atoms with Crippen LogP contribution in [0, 0.1) is 6.92 Å². The molecular formula is C19H19ClN2O2. The molecule has 0 aliphatic carbocycles. The van der Waals surface area contributed by atoms with Crippen molar-refractivity contribution < 1.29 is 9.59 Å². The van der Waals surface area contributed by atoms with E-state index in [4.69, 9.17) is 11.6 Å². The van der Waals surface area contributed by atoms with Crippen LogP contribution in [0.5, 0.6) is 0 Å². The number of nitrogens with one attached hydrogen (secondary N) is 1. The van der Waals surface area contributed by atoms with Gasteiger partial charge in [-0.3, -0.25) is 9.59 Å². The zero-order valence-corrected chi connectivity index (χ0v) is 14.3. The third-order valence-electron chi connectivity index (χ3n) is 4.14. The Hall–Kier alpha value is -2.33. The molecule has 5 heteroatoms. The van der Waals surface area contributed by atoms with E-state index in [1.54, 1.807) is 11.0 Å². The normalized spacial score (nSPS) is 14.1. The molecule has 1 aliphatic heterocycles. The standard InChI is InChI=1S/C19H19ClN2O2/c1-13-4-7-15(12-17(13)20)21-18(23)11-14-5-8-16(9-6-14)22-10-2-3-19(22)24/h4-9,12H,2-3,10-11H2,1H3,(H,21,23). The zero-order valence-electron chi connectivity index (χ0n) is 13.5. The van der Waals surface area contributed by atoms with Crippen molar-refractivity contribution >= 4 is 34.8 Å². The summed E-state index contributed by atoms with van der Waals surface area (Å²) in [7, 11) is 0. The molecule has 1 heterocycles. The minimum absolute atomic E-state index is 0.0973. The molecule has 124 valence electrons. The summed E-state index contributed by atoms with van der Waals surface area (Å²) in [6.07, 6.45) is 1.80. The molecule has 1 saturated heterocycles. The van der Waals surface area contributed by atoms with Gasteiger partial charge in [-0.25, -0.2) is 0 Å². The van der Waals surface area contributed by atoms with Gasteiger partial charge in [0.05, 0.1) is 6.42 Å². The largest absolute Gasteiger partial charge is 0.326 e. The highest BCUT2D eigenvalue weighted by Gasteiger charge is 2.21. The van der Waals surface area contributed by atoms with Crippen LogP contribution in [0.15, 0.2) is 42.5 Å². The van der Waals surface area contributed by atoms with Gasteiger partial charge in [0.2, 0.25) is 11.8 Å². The van der Waals surface area contributed by atoms with E-state index in [0.29, 0.717) is 17.1 Å². The summed E-state index contributed by atoms with van der Waals surface area (Å²) in [5, 5.41) is 3.48. The lowest BCUT2D eigenvalue weighted by atomic mass is 10.1. The van der Waals surface area contributed by atoms with Gasteiger partial charge in [0.25, 0.3) is 0 Å². The van der Waals surface area contributed by atoms with E-state index in [-0.39, 0.29) is 18.2 Å². The molecule has 1 N–H and O–H groups in total. The summed E-state index contributed by atoms with van der Waals surface area (Å²) in [6.45, 7) is 2.69. The van der Waals surface area contributed by atoms with E-state index in [2.05, 4.69) is 5.32 Å². The second-order valence-electron chi connectivity index (χ2n) is 6.00. The molecule has 0 saturated carbocycles. The predicted octanol–water partition coefficient (Wildman–Crippen LogP) is 3.96. The summed E-state index contributed by atoms with van der Waals surface area (Å²) in [6, 6.07) is 13.0. The van der Waals surface area contributed by atoms with E-state index in [1.165, 1.54) is 0 Å². The Morgan fingerprint density at radius 2 is 1.96 bits per heavy atom. The van der Waals surface area contributed by atoms with Crippen LogP contribution < -0.4 is 10.2 Å². The van der Waals surface area contributed by atoms with Crippen LogP contribution in [0.3, 0.4) is 0 Å². The Kier molecular flexibility index (Phi) is 4.86. The Bertz CT molecular complexity index is 771. The number of hydrogen-bond acceptors (Lipinski definition) is 2. The number of nitrogens with zero attached hydrogens (tertiary/aromatic N) is 1. The van der Waals surface area contributed by atoms with Gasteiger partial charge in [-0.15, -0.1) is 0 Å². The summed E-state index contributed by atoms with van der Waals surface area (Å²) in [4.78, 5) is 25.7. The quantitative estimate of drug-likeness (QED) is 0.914. The minimum Gasteiger partial charge on any atom is -0.326 e. The third-order valence-corrected chi connectivity index (χ3v) is 4.55. The van der Waals surface area contributed by atoms with Crippen molar-refractivity contribution in [2.24, 2.45) is 0 Å². The lowest BCUT2D eigenvalue weighted by Gasteiger charge is -2.15. The van der Waals surface area contributed by atoms with Gasteiger partial charge in [-0.2, -0.15) is 0 Å². The van der Waals surface area contributed by atoms with Gasteiger partial charge in [-0.1, -0.05) is 29.8 Å². The van der Waals surface area contributed by atoms with Gasteiger partial charge in [0, 0.05) is 29.4 Å². The van der Waals surface area contributed by atoms with Crippen molar-refractivity contribution in [3.8, 4) is 0 Å². The molecule has 4 nitrogen and oxygen atoms in total. The van der Waals surface area contributed by atoms with Crippen molar-refractivity contribution in [1.29, 1.82) is 0 Å². The molecule has 0 bridgehead atoms. The summed E-state index contributed by atoms with van der Waals surface area (Å²) in [5.74, 6) is 0.0664. The molecule has 2 aromatic carbocycles. The number of carbonyl (C=O) groups excluding carboxylic acids is 2. The van der Waals surface area contributed by atoms with Crippen molar-refractivity contribution in [2.75, 3.05) is 16.8 Å². The van der Waals surface area contributed by atoms with Crippen molar-refractivity contribution in [3.63, 3.8) is 0 Å². The minimum atomic E-state index is -0.0973. The Morgan fingerprint density at radius 3 is 2.58 bits per heavy atom. The van der Waals surface area contributed by atoms with E-state index in [9.17, 15) is 9.59 Å². The second kappa shape index (κ2) is 7.05. The van der Waals surface area contributed by atoms with Gasteiger partial charge in [0.15, 0.2) is 0 Å². The Balaban J connectivity index is 1.62. The molecule has 2 amide bonds. The first-order chi connectivity index (χ1) is 11.5. The van der Waals surface area contributed by atoms with Crippen LogP contribution in [0.2, 0.25) is 5.02 Å². The van der Waals surface area contributed by atoms with Crippen LogP contribution in [-0.2, 0) is 16.0 Å². The summed E-state index contributed by atoms with van der Waals surface area (Å²) in [5.41, 5.74) is 3.46. The average molecular weight is 343 g/mol. The molecule has 0 unspecified atom stereocenters. The van der Waals surface area contributed by atoms with Crippen LogP contribution >= 0.6 is 11.6 Å². The number of rotatable bonds is 4. The highest BCUT2D eigenvalue weighted by molar-refractivity contribution is 6.31. The molecule has 0 radical (unpaired) electrons. The maximum absolute atomic E-state index is 12.2. The fraction of sp³-hybridized carbons (Fsp3) is 0.263. The van der Waals surface area contributed by atoms with Gasteiger partial charge in [0.1, 0.15) is 0 Å². The Labute approximate surface area is 146 Å². The Morgan fingerprint density at radius 1 is 1.21 bits per heavy atom. The van der Waals surface area contributed by atoms with Crippen molar-refractivity contribution in [3.05, 3.63) is 58.6 Å². The van der Waals surface area contributed by atoms with Crippen LogP contribution in [0.1, 0.15) is 24.0 Å². The lowest BCUT2D eigenvalue weighted by Crippen LogP contribution is -2.23. The first-order valence-corrected chi connectivity index (χ1v) is 8.36. The van der Waals surface area contributed by atoms with E-state index in [0.717, 1.165) is 29.8 Å². The average Bonchev–Trinajstić information content (AvgIpc) is 2.98. The molecule has 3 rings (SSSR count). The molecule has 1 fully saturated rings. The fourth-order valence-electron chi connectivity index (χ4n) is 2.78. The highest BCUT2D eigenvalue weighted by atomic mass is 35.5. The predicted molar refractivity (Wildman–Crippen MR) is 96.6 cm³/mol. The highest BCUT2D eigenvalue weighted by Crippen LogP contribution is 2.22. The molecular weight excluding hydrogens is 324 g/mol. The lowest BCUT2D eigenvalue weighted by molar-refractivity contribution is -0.117. The van der Waals surface area contributed by atoms with Crippen molar-refractivity contribution in [2.45, 2.75) is 26.2 Å². The first kappa shape index (κ1) is 16.5. The van der Waals surface area contributed by atoms with E-state index < -0.39 is 0 Å². The zero-order chi connectivity index (χ0) is 17.1. The summed E-state index contributed by atoms with van der Waals surface area (Å²) >= 11 is 6.07. The third kappa shape index (κ3) is 3.77. The number of carbonyl (C=O) groups is 2. The molecule has 24 heavy (non-hydrogen) atoms. The van der Waals surface area contributed by atoms with Crippen LogP contribution in [0.4, 0.5) is 11.4 Å². The number of hydrogen-bond donors (Lipinski definition) is 1. The van der Waals surface area contributed by atoms with Crippen LogP contribution in [-0.4, -0.2) is 18.4 Å². The molecule has 2 aromatic rings. The number of amides is 2. The first-order valence-electron chi connectivity index (χ1n) is 7.98. The topological polar surface area (TPSA) is 49.4 Å². The van der Waals surface area contributed by atoms with E-state index in [1.807, 2.05) is 43.3 Å². The monoisotopic (exact) mass is 342 g/mol. The maximum Gasteiger partial charge on any atom is 0.228 e. The second-order valence-corrected chi connectivity index (χ2v) is 6.41. The van der Waals surface area contributed by atoms with E-state index >= 15 is 0 Å². The molecule has 0 aromatic heterocycles. The number of benzene rings is 2. The molecule has 1 aliphatic rings. The SMILES string of the molecule is Cc1ccc(NC(=O)Cc2ccc(N3CCCC3=O)cc2)cc1Cl. The molecule has 0 atom stereocenters. The molecule has 0 spiro atoms. The number of halogens is 1. The van der Waals surface area contributed by atoms with Crippen molar-refractivity contribution in [1.82, 2.24) is 0 Å². The smallest absolute Gasteiger partial charge is 0.228 e. The van der Waals surface area contributed by atoms with Gasteiger partial charge in [-0.05, 0) is 48.7 Å². The van der Waals surface area contributed by atoms with Gasteiger partial charge >= 0.3 is 0 Å². The van der Waals surface area contributed by atoms with Crippen LogP contribution in [0.25, 0.3) is 0 Å². The van der Waals surface area contributed by atoms with Gasteiger partial charge < -0.3 is 10.2 Å².